The number of hydrogen-bond donors (Lipinski definition) is 3. The molecule has 0 fully saturated rings. The number of hydrogen-bond acceptors (Lipinski definition) is 15. The van der Waals surface area contributed by atoms with Crippen molar-refractivity contribution in [3.63, 3.8) is 0 Å². The molecule has 0 aliphatic carbocycles. The van der Waals surface area contributed by atoms with E-state index in [9.17, 15) is 43.2 Å². The molecule has 17 nitrogen and oxygen atoms in total. The van der Waals surface area contributed by atoms with Gasteiger partial charge >= 0.3 is 39.5 Å². The number of phosphoric ester groups is 2. The maximum absolute atomic E-state index is 13.1. The number of carbonyl (C=O) groups is 4. The van der Waals surface area contributed by atoms with Crippen LogP contribution in [0.2, 0.25) is 0 Å². The molecule has 0 bridgehead atoms. The lowest BCUT2D eigenvalue weighted by Crippen LogP contribution is -2.30. The van der Waals surface area contributed by atoms with Gasteiger partial charge in [-0.15, -0.1) is 0 Å². The zero-order valence-corrected chi connectivity index (χ0v) is 66.4. The summed E-state index contributed by atoms with van der Waals surface area (Å²) in [6, 6.07) is 0. The molecule has 0 rings (SSSR count). The summed E-state index contributed by atoms with van der Waals surface area (Å²) in [5.41, 5.74) is 0. The first kappa shape index (κ1) is 98.7. The fourth-order valence-electron chi connectivity index (χ4n) is 9.95. The molecule has 0 aromatic heterocycles. The van der Waals surface area contributed by atoms with Gasteiger partial charge in [0.2, 0.25) is 0 Å². The summed E-state index contributed by atoms with van der Waals surface area (Å²) in [4.78, 5) is 72.9. The lowest BCUT2D eigenvalue weighted by Gasteiger charge is -2.21. The molecule has 0 heterocycles. The van der Waals surface area contributed by atoms with Crippen LogP contribution in [0.3, 0.4) is 0 Å². The van der Waals surface area contributed by atoms with E-state index in [1.165, 1.54) is 25.7 Å². The summed E-state index contributed by atoms with van der Waals surface area (Å²) in [5.74, 6) is -2.32. The van der Waals surface area contributed by atoms with E-state index in [1.807, 2.05) is 18.2 Å². The normalized spacial score (nSPS) is 14.7. The Morgan fingerprint density at radius 1 is 0.279 bits per heavy atom. The van der Waals surface area contributed by atoms with Gasteiger partial charge < -0.3 is 33.8 Å². The van der Waals surface area contributed by atoms with Crippen molar-refractivity contribution in [1.82, 2.24) is 0 Å². The molecule has 3 N–H and O–H groups in total. The Morgan fingerprint density at radius 2 is 0.529 bits per heavy atom. The molecule has 0 aliphatic heterocycles. The van der Waals surface area contributed by atoms with Gasteiger partial charge in [0.1, 0.15) is 19.3 Å². The molecule has 0 aliphatic rings. The van der Waals surface area contributed by atoms with Gasteiger partial charge in [-0.3, -0.25) is 37.3 Å². The number of phosphoric acid groups is 2. The van der Waals surface area contributed by atoms with Crippen LogP contribution in [0.5, 0.6) is 0 Å². The molecule has 0 aromatic carbocycles. The maximum Gasteiger partial charge on any atom is 0.472 e. The molecule has 0 amide bonds. The Bertz CT molecular complexity index is 2590. The van der Waals surface area contributed by atoms with Crippen LogP contribution >= 0.6 is 15.6 Å². The van der Waals surface area contributed by atoms with Crippen molar-refractivity contribution in [2.75, 3.05) is 39.6 Å². The Balaban J connectivity index is 5.41. The second-order valence-corrected chi connectivity index (χ2v) is 28.8. The van der Waals surface area contributed by atoms with Crippen LogP contribution < -0.4 is 0 Å². The van der Waals surface area contributed by atoms with E-state index in [4.69, 9.17) is 37.0 Å². The van der Waals surface area contributed by atoms with E-state index in [0.29, 0.717) is 32.1 Å². The van der Waals surface area contributed by atoms with Crippen molar-refractivity contribution in [3.8, 4) is 0 Å². The van der Waals surface area contributed by atoms with Crippen LogP contribution in [0.1, 0.15) is 297 Å². The van der Waals surface area contributed by atoms with E-state index in [-0.39, 0.29) is 25.7 Å². The van der Waals surface area contributed by atoms with Crippen LogP contribution in [0.25, 0.3) is 0 Å². The first-order valence-electron chi connectivity index (χ1n) is 39.7. The summed E-state index contributed by atoms with van der Waals surface area (Å²) in [6.45, 7) is 4.44. The van der Waals surface area contributed by atoms with E-state index in [1.54, 1.807) is 0 Å². The predicted molar refractivity (Wildman–Crippen MR) is 427 cm³/mol. The molecule has 0 saturated heterocycles. The molecule has 0 aromatic rings. The Labute approximate surface area is 629 Å². The minimum atomic E-state index is -5.00. The van der Waals surface area contributed by atoms with Crippen LogP contribution in [0.15, 0.2) is 158 Å². The number of allylic oxidation sites excluding steroid dienone is 26. The highest BCUT2D eigenvalue weighted by Gasteiger charge is 2.30. The number of ether oxygens (including phenoxy) is 4. The number of esters is 4. The van der Waals surface area contributed by atoms with Crippen LogP contribution in [0.4, 0.5) is 0 Å². The highest BCUT2D eigenvalue weighted by Crippen LogP contribution is 2.45. The summed E-state index contributed by atoms with van der Waals surface area (Å²) >= 11 is 0. The topological polar surface area (TPSA) is 237 Å². The van der Waals surface area contributed by atoms with E-state index in [2.05, 4.69) is 167 Å². The minimum Gasteiger partial charge on any atom is -0.462 e. The molecular weight excluding hydrogens is 1350 g/mol. The van der Waals surface area contributed by atoms with Crippen LogP contribution in [0, 0.1) is 0 Å². The van der Waals surface area contributed by atoms with Crippen LogP contribution in [-0.2, 0) is 65.4 Å². The molecule has 0 saturated carbocycles. The van der Waals surface area contributed by atoms with Crippen molar-refractivity contribution in [3.05, 3.63) is 158 Å². The number of rotatable bonds is 73. The molecule has 0 spiro atoms. The number of aliphatic hydroxyl groups excluding tert-OH is 1. The fraction of sp³-hybridized carbons (Fsp3) is 0.647. The Morgan fingerprint density at radius 3 is 0.865 bits per heavy atom. The molecule has 19 heteroatoms. The lowest BCUT2D eigenvalue weighted by molar-refractivity contribution is -0.161. The zero-order chi connectivity index (χ0) is 76.0. The quantitative estimate of drug-likeness (QED) is 0.0169. The van der Waals surface area contributed by atoms with Crippen LogP contribution in [-0.4, -0.2) is 96.7 Å². The molecule has 104 heavy (non-hydrogen) atoms. The summed E-state index contributed by atoms with van der Waals surface area (Å²) in [6.07, 6.45) is 88.1. The fourth-order valence-corrected chi connectivity index (χ4v) is 11.5. The van der Waals surface area contributed by atoms with Gasteiger partial charge in [-0.2, -0.15) is 0 Å². The lowest BCUT2D eigenvalue weighted by atomic mass is 10.1. The summed E-state index contributed by atoms with van der Waals surface area (Å²) < 4.78 is 68.4. The largest absolute Gasteiger partial charge is 0.472 e. The van der Waals surface area contributed by atoms with Gasteiger partial charge in [0.15, 0.2) is 12.2 Å². The monoisotopic (exact) mass is 1490 g/mol. The smallest absolute Gasteiger partial charge is 0.462 e. The molecule has 0 radical (unpaired) electrons. The van der Waals surface area contributed by atoms with E-state index < -0.39 is 97.5 Å². The SMILES string of the molecule is CC/C=C\C/C=C\C/C=C\C/C=C\C/C=C\C/C=C\CCC(=O)OCC(COP(=O)(O)OCC(O)COP(=O)(O)OCC(COC(=O)CCCCCCCC/C=C\C/C=C\C/C=C\C/C=C\CC)OC(=O)CCCCCCC/C=C\C/C=C\CCCCC)OC(=O)CCCCCCC/C=C\CCCC. The molecule has 592 valence electrons. The van der Waals surface area contributed by atoms with Crippen molar-refractivity contribution < 1.29 is 80.2 Å². The van der Waals surface area contributed by atoms with Gasteiger partial charge in [0.25, 0.3) is 0 Å². The van der Waals surface area contributed by atoms with Gasteiger partial charge in [-0.1, -0.05) is 276 Å². The highest BCUT2D eigenvalue weighted by atomic mass is 31.2. The number of carbonyl (C=O) groups excluding carboxylic acids is 4. The third-order valence-electron chi connectivity index (χ3n) is 16.0. The van der Waals surface area contributed by atoms with Crippen molar-refractivity contribution in [2.24, 2.45) is 0 Å². The number of unbranched alkanes of at least 4 members (excludes halogenated alkanes) is 21. The average Bonchev–Trinajstić information content (AvgIpc) is 0.931. The summed E-state index contributed by atoms with van der Waals surface area (Å²) in [7, 11) is -9.99. The first-order valence-corrected chi connectivity index (χ1v) is 42.7. The van der Waals surface area contributed by atoms with Gasteiger partial charge in [-0.25, -0.2) is 9.13 Å². The molecule has 5 atom stereocenters. The second-order valence-electron chi connectivity index (χ2n) is 25.9. The van der Waals surface area contributed by atoms with Crippen molar-refractivity contribution >= 4 is 39.5 Å². The molecule has 5 unspecified atom stereocenters. The second kappa shape index (κ2) is 75.9. The van der Waals surface area contributed by atoms with Crippen molar-refractivity contribution in [1.29, 1.82) is 0 Å². The zero-order valence-electron chi connectivity index (χ0n) is 64.6. The average molecular weight is 1500 g/mol. The van der Waals surface area contributed by atoms with Gasteiger partial charge in [-0.05, 0) is 154 Å². The van der Waals surface area contributed by atoms with Gasteiger partial charge in [0.05, 0.1) is 26.4 Å². The Hall–Kier alpha value is -5.32. The third-order valence-corrected chi connectivity index (χ3v) is 17.9. The number of aliphatic hydroxyl groups is 1. The summed E-state index contributed by atoms with van der Waals surface area (Å²) in [5, 5.41) is 10.6. The predicted octanol–water partition coefficient (Wildman–Crippen LogP) is 23.2. The van der Waals surface area contributed by atoms with E-state index in [0.717, 1.165) is 186 Å². The van der Waals surface area contributed by atoms with E-state index >= 15 is 0 Å². The maximum atomic E-state index is 13.1. The van der Waals surface area contributed by atoms with Crippen molar-refractivity contribution in [2.45, 2.75) is 316 Å². The minimum absolute atomic E-state index is 0.0301. The molecular formula is C85H140O17P2. The highest BCUT2D eigenvalue weighted by molar-refractivity contribution is 7.47. The standard InChI is InChI=1S/C85H140O17P2/c1-5-9-13-17-21-25-29-32-35-37-39-41-44-46-50-53-57-61-65-69-82(87)95-75-80(101-84(89)71-67-63-59-55-49-28-24-20-16-12-8-4)77-99-103(91,92)97-73-79(86)74-98-104(93,94)100-78-81(102-85(90)72-68-64-60-56-52-48-43-34-31-27-23-19-15-11-7-3)76-96-83(88)70-66-62-58-54-51-47-45-42-40-38-36-33-30-26-22-18-14-10-6-2/h9-10,13-14,20-27,32-36,39-43,46,50,57,61,79-81,86H,5-8,11-12,15-19,28-31,37-38,44-45,47-49,51-56,58-60,62-78H2,1-4H3,(H,91,92)(H,93,94)/b13-9-,14-10-,24-20-,25-21-,26-22-,27-23-,35-32-,36-33-,41-39-,42-40-,43-34-,50-46-,61-57-. The third kappa shape index (κ3) is 74.9. The first-order chi connectivity index (χ1) is 50.7. The van der Waals surface area contributed by atoms with Gasteiger partial charge in [0, 0.05) is 25.7 Å². The Kier molecular flexibility index (Phi) is 72.0.